The maximum absolute atomic E-state index is 13.3. The molecule has 2 amide bonds. The lowest BCUT2D eigenvalue weighted by Gasteiger charge is -2.31. The van der Waals surface area contributed by atoms with Crippen molar-refractivity contribution in [2.45, 2.75) is 53.1 Å². The van der Waals surface area contributed by atoms with Crippen LogP contribution >= 0.6 is 0 Å². The van der Waals surface area contributed by atoms with Crippen LogP contribution in [0.3, 0.4) is 0 Å². The fourth-order valence-corrected chi connectivity index (χ4v) is 3.41. The normalized spacial score (nSPS) is 11.8. The number of rotatable bonds is 10. The highest BCUT2D eigenvalue weighted by molar-refractivity contribution is 5.88. The van der Waals surface area contributed by atoms with Crippen LogP contribution in [0.2, 0.25) is 0 Å². The molecule has 0 unspecified atom stereocenters. The van der Waals surface area contributed by atoms with Crippen molar-refractivity contribution in [3.63, 3.8) is 0 Å². The van der Waals surface area contributed by atoms with E-state index in [1.165, 1.54) is 0 Å². The van der Waals surface area contributed by atoms with Gasteiger partial charge in [-0.1, -0.05) is 62.7 Å². The molecule has 0 radical (unpaired) electrons. The second-order valence-corrected chi connectivity index (χ2v) is 8.10. The summed E-state index contributed by atoms with van der Waals surface area (Å²) in [5.41, 5.74) is 3.00. The first kappa shape index (κ1) is 23.5. The Morgan fingerprint density at radius 3 is 2.40 bits per heavy atom. The number of carbonyl (C=O) groups is 2. The fourth-order valence-electron chi connectivity index (χ4n) is 3.41. The summed E-state index contributed by atoms with van der Waals surface area (Å²) < 4.78 is 5.32. The quantitative estimate of drug-likeness (QED) is 0.641. The number of carbonyl (C=O) groups excluding carboxylic acids is 2. The summed E-state index contributed by atoms with van der Waals surface area (Å²) in [6.45, 7) is 9.01. The number of methoxy groups -OCH3 is 1. The van der Waals surface area contributed by atoms with Crippen LogP contribution in [0.5, 0.6) is 5.75 Å². The standard InChI is InChI=1S/C25H34N2O3/c1-6-23(25(29)26-16-18(2)3)27(17-21-11-8-12-22(14-21)30-5)24(28)15-20-10-7-9-19(4)13-20/h7-14,18,23H,6,15-17H2,1-5H3,(H,26,29)/t23-/m1/s1. The second kappa shape index (κ2) is 11.4. The van der Waals surface area contributed by atoms with Gasteiger partial charge in [0.2, 0.25) is 11.8 Å². The molecular formula is C25H34N2O3. The van der Waals surface area contributed by atoms with Crippen molar-refractivity contribution in [2.24, 2.45) is 5.92 Å². The monoisotopic (exact) mass is 410 g/mol. The Morgan fingerprint density at radius 1 is 1.07 bits per heavy atom. The van der Waals surface area contributed by atoms with Crippen molar-refractivity contribution in [3.8, 4) is 5.75 Å². The Kier molecular flexibility index (Phi) is 8.90. The van der Waals surface area contributed by atoms with Crippen LogP contribution in [0.25, 0.3) is 0 Å². The molecule has 0 spiro atoms. The lowest BCUT2D eigenvalue weighted by molar-refractivity contribution is -0.141. The molecule has 0 fully saturated rings. The minimum atomic E-state index is -0.521. The molecule has 0 aliphatic carbocycles. The predicted molar refractivity (Wildman–Crippen MR) is 120 cm³/mol. The molecule has 5 heteroatoms. The highest BCUT2D eigenvalue weighted by atomic mass is 16.5. The van der Waals surface area contributed by atoms with Crippen molar-refractivity contribution in [1.29, 1.82) is 0 Å². The first-order valence-electron chi connectivity index (χ1n) is 10.6. The number of hydrogen-bond acceptors (Lipinski definition) is 3. The highest BCUT2D eigenvalue weighted by Crippen LogP contribution is 2.18. The van der Waals surface area contributed by atoms with Gasteiger partial charge in [0.25, 0.3) is 0 Å². The zero-order valence-corrected chi connectivity index (χ0v) is 18.8. The van der Waals surface area contributed by atoms with Crippen LogP contribution in [0, 0.1) is 12.8 Å². The molecule has 0 saturated heterocycles. The van der Waals surface area contributed by atoms with Crippen molar-refractivity contribution in [1.82, 2.24) is 10.2 Å². The number of aryl methyl sites for hydroxylation is 1. The number of ether oxygens (including phenoxy) is 1. The maximum atomic E-state index is 13.3. The Hall–Kier alpha value is -2.82. The largest absolute Gasteiger partial charge is 0.497 e. The fraction of sp³-hybridized carbons (Fsp3) is 0.440. The third kappa shape index (κ3) is 6.90. The maximum Gasteiger partial charge on any atom is 0.242 e. The molecule has 2 rings (SSSR count). The Morgan fingerprint density at radius 2 is 1.77 bits per heavy atom. The lowest BCUT2D eigenvalue weighted by atomic mass is 10.0. The van der Waals surface area contributed by atoms with Crippen LogP contribution in [-0.4, -0.2) is 36.4 Å². The molecule has 0 heterocycles. The minimum Gasteiger partial charge on any atom is -0.497 e. The van der Waals surface area contributed by atoms with E-state index in [4.69, 9.17) is 4.74 Å². The Labute approximate surface area is 180 Å². The zero-order chi connectivity index (χ0) is 22.1. The number of amides is 2. The molecular weight excluding hydrogens is 376 g/mol. The van der Waals surface area contributed by atoms with Crippen molar-refractivity contribution < 1.29 is 14.3 Å². The van der Waals surface area contributed by atoms with Gasteiger partial charge in [0.15, 0.2) is 0 Å². The SMILES string of the molecule is CC[C@H](C(=O)NCC(C)C)N(Cc1cccc(OC)c1)C(=O)Cc1cccc(C)c1. The Bertz CT molecular complexity index is 848. The molecule has 0 aliphatic rings. The van der Waals surface area contributed by atoms with Gasteiger partial charge in [-0.2, -0.15) is 0 Å². The lowest BCUT2D eigenvalue weighted by Crippen LogP contribution is -2.50. The number of nitrogens with zero attached hydrogens (tertiary/aromatic N) is 1. The van der Waals surface area contributed by atoms with E-state index in [1.807, 2.05) is 62.4 Å². The number of nitrogens with one attached hydrogen (secondary N) is 1. The van der Waals surface area contributed by atoms with Crippen LogP contribution in [0.4, 0.5) is 0 Å². The second-order valence-electron chi connectivity index (χ2n) is 8.10. The van der Waals surface area contributed by atoms with E-state index in [9.17, 15) is 9.59 Å². The van der Waals surface area contributed by atoms with Gasteiger partial charge in [-0.15, -0.1) is 0 Å². The summed E-state index contributed by atoms with van der Waals surface area (Å²) in [7, 11) is 1.62. The summed E-state index contributed by atoms with van der Waals surface area (Å²) in [6.07, 6.45) is 0.813. The molecule has 0 bridgehead atoms. The van der Waals surface area contributed by atoms with Gasteiger partial charge in [0.05, 0.1) is 13.5 Å². The molecule has 30 heavy (non-hydrogen) atoms. The molecule has 1 N–H and O–H groups in total. The van der Waals surface area contributed by atoms with Crippen molar-refractivity contribution >= 4 is 11.8 Å². The third-order valence-electron chi connectivity index (χ3n) is 5.00. The smallest absolute Gasteiger partial charge is 0.242 e. The summed E-state index contributed by atoms with van der Waals surface area (Å²) in [4.78, 5) is 28.0. The minimum absolute atomic E-state index is 0.0602. The first-order valence-corrected chi connectivity index (χ1v) is 10.6. The van der Waals surface area contributed by atoms with Crippen LogP contribution in [0.1, 0.15) is 43.9 Å². The molecule has 2 aromatic rings. The first-order chi connectivity index (χ1) is 14.3. The van der Waals surface area contributed by atoms with E-state index in [0.717, 1.165) is 22.4 Å². The summed E-state index contributed by atoms with van der Waals surface area (Å²) >= 11 is 0. The molecule has 2 aromatic carbocycles. The predicted octanol–water partition coefficient (Wildman–Crippen LogP) is 4.13. The number of hydrogen-bond donors (Lipinski definition) is 1. The van der Waals surface area contributed by atoms with Crippen molar-refractivity contribution in [2.75, 3.05) is 13.7 Å². The van der Waals surface area contributed by atoms with Crippen molar-refractivity contribution in [3.05, 3.63) is 65.2 Å². The molecule has 5 nitrogen and oxygen atoms in total. The average Bonchev–Trinajstić information content (AvgIpc) is 2.72. The van der Waals surface area contributed by atoms with E-state index in [-0.39, 0.29) is 18.2 Å². The summed E-state index contributed by atoms with van der Waals surface area (Å²) in [6, 6.07) is 15.0. The Balaban J connectivity index is 2.29. The van der Waals surface area contributed by atoms with E-state index in [0.29, 0.717) is 25.4 Å². The topological polar surface area (TPSA) is 58.6 Å². The van der Waals surface area contributed by atoms with Gasteiger partial charge in [-0.3, -0.25) is 9.59 Å². The van der Waals surface area contributed by atoms with Gasteiger partial charge in [0, 0.05) is 13.1 Å². The number of benzene rings is 2. The molecule has 0 aromatic heterocycles. The van der Waals surface area contributed by atoms with Gasteiger partial charge in [-0.05, 0) is 42.5 Å². The molecule has 1 atom stereocenters. The molecule has 162 valence electrons. The van der Waals surface area contributed by atoms with E-state index >= 15 is 0 Å². The van der Waals surface area contributed by atoms with Gasteiger partial charge in [0.1, 0.15) is 11.8 Å². The van der Waals surface area contributed by atoms with Gasteiger partial charge in [-0.25, -0.2) is 0 Å². The van der Waals surface area contributed by atoms with Crippen LogP contribution in [-0.2, 0) is 22.6 Å². The highest BCUT2D eigenvalue weighted by Gasteiger charge is 2.28. The average molecular weight is 411 g/mol. The molecule has 0 aliphatic heterocycles. The summed E-state index contributed by atoms with van der Waals surface area (Å²) in [5.74, 6) is 0.916. The van der Waals surface area contributed by atoms with E-state index in [1.54, 1.807) is 12.0 Å². The zero-order valence-electron chi connectivity index (χ0n) is 18.8. The third-order valence-corrected chi connectivity index (χ3v) is 5.00. The molecule has 0 saturated carbocycles. The van der Waals surface area contributed by atoms with E-state index < -0.39 is 6.04 Å². The van der Waals surface area contributed by atoms with Gasteiger partial charge >= 0.3 is 0 Å². The van der Waals surface area contributed by atoms with Crippen LogP contribution < -0.4 is 10.1 Å². The van der Waals surface area contributed by atoms with Crippen LogP contribution in [0.15, 0.2) is 48.5 Å². The summed E-state index contributed by atoms with van der Waals surface area (Å²) in [5, 5.41) is 2.99. The van der Waals surface area contributed by atoms with Gasteiger partial charge < -0.3 is 15.0 Å². The van der Waals surface area contributed by atoms with E-state index in [2.05, 4.69) is 19.2 Å².